The van der Waals surface area contributed by atoms with E-state index in [2.05, 4.69) is 0 Å². The Labute approximate surface area is 129 Å². The Balaban J connectivity index is 2.30. The van der Waals surface area contributed by atoms with Crippen LogP contribution in [0, 0.1) is 0 Å². The summed E-state index contributed by atoms with van der Waals surface area (Å²) in [5, 5.41) is 10.7. The SMILES string of the molecule is O=C(O)c1cc(-c2cccc3ccccc23)cc(C(F)(F)F)c1. The second-order valence-electron chi connectivity index (χ2n) is 5.13. The van der Waals surface area contributed by atoms with Crippen molar-refractivity contribution < 1.29 is 23.1 Å². The summed E-state index contributed by atoms with van der Waals surface area (Å²) in [6, 6.07) is 15.4. The van der Waals surface area contributed by atoms with Crippen molar-refractivity contribution in [2.24, 2.45) is 0 Å². The normalized spacial score (nSPS) is 11.6. The Morgan fingerprint density at radius 1 is 0.913 bits per heavy atom. The van der Waals surface area contributed by atoms with Gasteiger partial charge in [-0.1, -0.05) is 42.5 Å². The van der Waals surface area contributed by atoms with E-state index in [1.807, 2.05) is 18.2 Å². The Kier molecular flexibility index (Phi) is 3.56. The van der Waals surface area contributed by atoms with Crippen LogP contribution in [0.2, 0.25) is 0 Å². The van der Waals surface area contributed by atoms with Crippen molar-refractivity contribution in [3.05, 3.63) is 71.8 Å². The molecule has 0 radical (unpaired) electrons. The first kappa shape index (κ1) is 15.1. The van der Waals surface area contributed by atoms with Crippen molar-refractivity contribution in [2.45, 2.75) is 6.18 Å². The minimum Gasteiger partial charge on any atom is -0.478 e. The predicted octanol–water partition coefficient (Wildman–Crippen LogP) is 5.22. The van der Waals surface area contributed by atoms with Gasteiger partial charge in [-0.25, -0.2) is 4.79 Å². The molecule has 116 valence electrons. The van der Waals surface area contributed by atoms with E-state index in [-0.39, 0.29) is 11.1 Å². The van der Waals surface area contributed by atoms with Crippen molar-refractivity contribution in [3.8, 4) is 11.1 Å². The Morgan fingerprint density at radius 2 is 1.61 bits per heavy atom. The standard InChI is InChI=1S/C18H11F3O2/c19-18(20,21)14-9-12(8-13(10-14)17(22)23)16-7-3-5-11-4-1-2-6-15(11)16/h1-10H,(H,22,23). The zero-order chi connectivity index (χ0) is 16.6. The van der Waals surface area contributed by atoms with E-state index >= 15 is 0 Å². The smallest absolute Gasteiger partial charge is 0.416 e. The molecular formula is C18H11F3O2. The molecule has 0 aliphatic rings. The van der Waals surface area contributed by atoms with Crippen molar-refractivity contribution in [1.29, 1.82) is 0 Å². The van der Waals surface area contributed by atoms with Gasteiger partial charge in [0.05, 0.1) is 11.1 Å². The molecule has 0 saturated carbocycles. The lowest BCUT2D eigenvalue weighted by Gasteiger charge is -2.12. The molecule has 0 amide bonds. The number of aromatic carboxylic acids is 1. The second kappa shape index (κ2) is 5.43. The number of hydrogen-bond donors (Lipinski definition) is 1. The molecule has 2 nitrogen and oxygen atoms in total. The van der Waals surface area contributed by atoms with E-state index < -0.39 is 17.7 Å². The summed E-state index contributed by atoms with van der Waals surface area (Å²) in [5.74, 6) is -1.39. The molecule has 0 unspecified atom stereocenters. The van der Waals surface area contributed by atoms with Gasteiger partial charge in [0.1, 0.15) is 0 Å². The first-order valence-electron chi connectivity index (χ1n) is 6.80. The lowest BCUT2D eigenvalue weighted by molar-refractivity contribution is -0.137. The van der Waals surface area contributed by atoms with Crippen molar-refractivity contribution in [2.75, 3.05) is 0 Å². The van der Waals surface area contributed by atoms with Gasteiger partial charge in [0.15, 0.2) is 0 Å². The van der Waals surface area contributed by atoms with Crippen molar-refractivity contribution >= 4 is 16.7 Å². The third kappa shape index (κ3) is 2.90. The van der Waals surface area contributed by atoms with Gasteiger partial charge in [-0.2, -0.15) is 13.2 Å². The van der Waals surface area contributed by atoms with Crippen molar-refractivity contribution in [1.82, 2.24) is 0 Å². The van der Waals surface area contributed by atoms with Gasteiger partial charge in [-0.15, -0.1) is 0 Å². The van der Waals surface area contributed by atoms with Crippen LogP contribution in [0.25, 0.3) is 21.9 Å². The summed E-state index contributed by atoms with van der Waals surface area (Å²) >= 11 is 0. The number of benzene rings is 3. The Bertz CT molecular complexity index is 893. The highest BCUT2D eigenvalue weighted by atomic mass is 19.4. The van der Waals surface area contributed by atoms with E-state index in [1.54, 1.807) is 24.3 Å². The highest BCUT2D eigenvalue weighted by Gasteiger charge is 2.32. The summed E-state index contributed by atoms with van der Waals surface area (Å²) in [5.41, 5.74) is -0.561. The van der Waals surface area contributed by atoms with Gasteiger partial charge in [0, 0.05) is 0 Å². The summed E-state index contributed by atoms with van der Waals surface area (Å²) in [4.78, 5) is 11.2. The predicted molar refractivity (Wildman–Crippen MR) is 81.3 cm³/mol. The van der Waals surface area contributed by atoms with E-state index in [1.165, 1.54) is 6.07 Å². The molecule has 0 aliphatic carbocycles. The van der Waals surface area contributed by atoms with Crippen LogP contribution in [-0.4, -0.2) is 11.1 Å². The van der Waals surface area contributed by atoms with Crippen LogP contribution in [0.5, 0.6) is 0 Å². The first-order valence-corrected chi connectivity index (χ1v) is 6.80. The molecule has 0 spiro atoms. The van der Waals surface area contributed by atoms with Crippen molar-refractivity contribution in [3.63, 3.8) is 0 Å². The van der Waals surface area contributed by atoms with Crippen LogP contribution in [0.3, 0.4) is 0 Å². The monoisotopic (exact) mass is 316 g/mol. The van der Waals surface area contributed by atoms with Gasteiger partial charge in [-0.05, 0) is 40.1 Å². The zero-order valence-electron chi connectivity index (χ0n) is 11.8. The summed E-state index contributed by atoms with van der Waals surface area (Å²) in [6.45, 7) is 0. The number of carbonyl (C=O) groups is 1. The maximum Gasteiger partial charge on any atom is 0.416 e. The van der Waals surface area contributed by atoms with Crippen LogP contribution in [0.15, 0.2) is 60.7 Å². The molecule has 0 saturated heterocycles. The lowest BCUT2D eigenvalue weighted by Crippen LogP contribution is -2.08. The number of carboxylic acid groups (broad SMARTS) is 1. The van der Waals surface area contributed by atoms with Gasteiger partial charge in [0.2, 0.25) is 0 Å². The Hall–Kier alpha value is -2.82. The molecule has 1 N–H and O–H groups in total. The summed E-state index contributed by atoms with van der Waals surface area (Å²) < 4.78 is 39.1. The average molecular weight is 316 g/mol. The summed E-state index contributed by atoms with van der Waals surface area (Å²) in [7, 11) is 0. The Morgan fingerprint density at radius 3 is 2.30 bits per heavy atom. The fourth-order valence-electron chi connectivity index (χ4n) is 2.55. The van der Waals surface area contributed by atoms with Gasteiger partial charge in [0.25, 0.3) is 0 Å². The van der Waals surface area contributed by atoms with Crippen LogP contribution in [0.1, 0.15) is 15.9 Å². The number of carboxylic acids is 1. The van der Waals surface area contributed by atoms with Gasteiger partial charge in [-0.3, -0.25) is 0 Å². The molecule has 23 heavy (non-hydrogen) atoms. The zero-order valence-corrected chi connectivity index (χ0v) is 11.8. The minimum atomic E-state index is -4.61. The average Bonchev–Trinajstić information content (AvgIpc) is 2.53. The molecule has 0 heterocycles. The molecule has 5 heteroatoms. The maximum absolute atomic E-state index is 13.0. The summed E-state index contributed by atoms with van der Waals surface area (Å²) in [6.07, 6.45) is -4.61. The fourth-order valence-corrected chi connectivity index (χ4v) is 2.55. The van der Waals surface area contributed by atoms with E-state index in [4.69, 9.17) is 5.11 Å². The fraction of sp³-hybridized carbons (Fsp3) is 0.0556. The molecule has 0 aromatic heterocycles. The molecule has 0 aliphatic heterocycles. The molecule has 3 rings (SSSR count). The van der Waals surface area contributed by atoms with E-state index in [9.17, 15) is 18.0 Å². The number of rotatable bonds is 2. The topological polar surface area (TPSA) is 37.3 Å². The number of alkyl halides is 3. The quantitative estimate of drug-likeness (QED) is 0.703. The molecule has 0 bridgehead atoms. The molecule has 3 aromatic carbocycles. The molecular weight excluding hydrogens is 305 g/mol. The number of fused-ring (bicyclic) bond motifs is 1. The van der Waals surface area contributed by atoms with E-state index in [0.717, 1.165) is 16.8 Å². The third-order valence-electron chi connectivity index (χ3n) is 3.61. The van der Waals surface area contributed by atoms with E-state index in [0.29, 0.717) is 11.6 Å². The van der Waals surface area contributed by atoms with Gasteiger partial charge >= 0.3 is 12.1 Å². The van der Waals surface area contributed by atoms with Crippen LogP contribution in [-0.2, 0) is 6.18 Å². The van der Waals surface area contributed by atoms with Crippen LogP contribution >= 0.6 is 0 Å². The lowest BCUT2D eigenvalue weighted by atomic mass is 9.95. The largest absolute Gasteiger partial charge is 0.478 e. The number of halogens is 3. The molecule has 0 fully saturated rings. The first-order chi connectivity index (χ1) is 10.9. The van der Waals surface area contributed by atoms with Crippen LogP contribution < -0.4 is 0 Å². The minimum absolute atomic E-state index is 0.231. The maximum atomic E-state index is 13.0. The molecule has 3 aromatic rings. The molecule has 0 atom stereocenters. The highest BCUT2D eigenvalue weighted by Crippen LogP contribution is 2.35. The third-order valence-corrected chi connectivity index (χ3v) is 3.61. The van der Waals surface area contributed by atoms with Crippen LogP contribution in [0.4, 0.5) is 13.2 Å². The number of hydrogen-bond acceptors (Lipinski definition) is 1. The van der Waals surface area contributed by atoms with Gasteiger partial charge < -0.3 is 5.11 Å². The highest BCUT2D eigenvalue weighted by molar-refractivity contribution is 5.98. The second-order valence-corrected chi connectivity index (χ2v) is 5.13.